The second-order valence-electron chi connectivity index (χ2n) is 4.42. The fraction of sp³-hybridized carbons (Fsp3) is 1.00. The number of hydrogen-bond acceptors (Lipinski definition) is 14. The standard InChI is InChI=1S/C6H14O14P4/c7-21-17-3-1-2-4(18-22(8,9)10)6(20-24(14,15)16)5(3)19-23(11,12)13/h3-6H,1-2H2,(H2,8,9,10)(H2,11,12,13)(H2,14,15,16)/p-6. The topological polar surface area (TPSA) is 244 Å². The molecule has 0 heterocycles. The summed E-state index contributed by atoms with van der Waals surface area (Å²) in [4.78, 5) is 64.4. The van der Waals surface area contributed by atoms with Crippen LogP contribution in [0, 0.1) is 0 Å². The van der Waals surface area contributed by atoms with Gasteiger partial charge in [-0.15, -0.1) is 0 Å². The molecule has 0 aromatic rings. The van der Waals surface area contributed by atoms with Gasteiger partial charge in [-0.3, -0.25) is 4.52 Å². The lowest BCUT2D eigenvalue weighted by molar-refractivity contribution is -0.367. The summed E-state index contributed by atoms with van der Waals surface area (Å²) >= 11 is 0. The van der Waals surface area contributed by atoms with E-state index in [-0.39, 0.29) is 6.42 Å². The maximum Gasteiger partial charge on any atom is 0.327 e. The number of rotatable bonds is 8. The van der Waals surface area contributed by atoms with Crippen LogP contribution in [0.2, 0.25) is 0 Å². The highest BCUT2D eigenvalue weighted by Gasteiger charge is 2.44. The fourth-order valence-electron chi connectivity index (χ4n) is 2.08. The van der Waals surface area contributed by atoms with E-state index in [1.165, 1.54) is 0 Å². The number of hydrogen-bond donors (Lipinski definition) is 0. The minimum atomic E-state index is -5.87. The molecule has 4 atom stereocenters. The minimum absolute atomic E-state index is 0.369. The van der Waals surface area contributed by atoms with E-state index in [2.05, 4.69) is 18.1 Å². The van der Waals surface area contributed by atoms with Gasteiger partial charge in [-0.1, -0.05) is 0 Å². The molecule has 0 saturated heterocycles. The first-order chi connectivity index (χ1) is 10.7. The maximum atomic E-state index is 10.8. The van der Waals surface area contributed by atoms with Gasteiger partial charge in [0.2, 0.25) is 0 Å². The van der Waals surface area contributed by atoms with Gasteiger partial charge in [0.15, 0.2) is 0 Å². The van der Waals surface area contributed by atoms with Crippen LogP contribution in [0.3, 0.4) is 0 Å². The summed E-state index contributed by atoms with van der Waals surface area (Å²) in [6.45, 7) is 0. The summed E-state index contributed by atoms with van der Waals surface area (Å²) < 4.78 is 59.2. The lowest BCUT2D eigenvalue weighted by Gasteiger charge is -2.49. The quantitative estimate of drug-likeness (QED) is 0.335. The molecule has 1 fully saturated rings. The highest BCUT2D eigenvalue weighted by atomic mass is 31.2. The zero-order valence-corrected chi connectivity index (χ0v) is 14.8. The molecule has 0 aromatic heterocycles. The minimum Gasteiger partial charge on any atom is -0.790 e. The van der Waals surface area contributed by atoms with Crippen LogP contribution in [0.5, 0.6) is 0 Å². The Kier molecular flexibility index (Phi) is 7.84. The highest BCUT2D eigenvalue weighted by Crippen LogP contribution is 2.44. The van der Waals surface area contributed by atoms with Crippen molar-refractivity contribution < 1.29 is 65.7 Å². The average molecular weight is 428 g/mol. The molecule has 1 saturated carbocycles. The molecule has 0 radical (unpaired) electrons. The van der Waals surface area contributed by atoms with Crippen molar-refractivity contribution in [3.63, 3.8) is 0 Å². The van der Waals surface area contributed by atoms with Gasteiger partial charge in [-0.05, 0) is 12.8 Å². The summed E-state index contributed by atoms with van der Waals surface area (Å²) in [6.07, 6.45) is -8.88. The first-order valence-electron chi connectivity index (χ1n) is 5.82. The Morgan fingerprint density at radius 1 is 0.708 bits per heavy atom. The van der Waals surface area contributed by atoms with Crippen molar-refractivity contribution >= 4 is 32.2 Å². The summed E-state index contributed by atoms with van der Waals surface area (Å²) in [6, 6.07) is 0. The molecule has 18 heteroatoms. The van der Waals surface area contributed by atoms with Gasteiger partial charge in [-0.25, -0.2) is 4.57 Å². The third kappa shape index (κ3) is 8.18. The average Bonchev–Trinajstić information content (AvgIpc) is 2.32. The van der Waals surface area contributed by atoms with Crippen molar-refractivity contribution in [3.05, 3.63) is 0 Å². The second kappa shape index (κ2) is 8.39. The van der Waals surface area contributed by atoms with Crippen molar-refractivity contribution in [1.82, 2.24) is 0 Å². The monoisotopic (exact) mass is 428 g/mol. The number of phosphoric acid groups is 3. The Morgan fingerprint density at radius 2 is 1.08 bits per heavy atom. The van der Waals surface area contributed by atoms with Crippen LogP contribution in [0.15, 0.2) is 0 Å². The van der Waals surface area contributed by atoms with Crippen molar-refractivity contribution in [1.29, 1.82) is 0 Å². The largest absolute Gasteiger partial charge is 0.790 e. The van der Waals surface area contributed by atoms with Crippen molar-refractivity contribution in [2.24, 2.45) is 0 Å². The Morgan fingerprint density at radius 3 is 1.46 bits per heavy atom. The molecule has 0 N–H and O–H groups in total. The molecule has 1 aliphatic carbocycles. The summed E-state index contributed by atoms with van der Waals surface area (Å²) in [5.74, 6) is 0. The van der Waals surface area contributed by atoms with Crippen molar-refractivity contribution in [3.8, 4) is 0 Å². The Bertz CT molecular complexity index is 574. The lowest BCUT2D eigenvalue weighted by atomic mass is 9.90. The molecule has 24 heavy (non-hydrogen) atoms. The van der Waals surface area contributed by atoms with Crippen LogP contribution in [0.1, 0.15) is 12.8 Å². The van der Waals surface area contributed by atoms with E-state index in [9.17, 15) is 47.6 Å². The van der Waals surface area contributed by atoms with E-state index in [0.29, 0.717) is 0 Å². The third-order valence-corrected chi connectivity index (χ3v) is 4.63. The van der Waals surface area contributed by atoms with Gasteiger partial charge in [0.1, 0.15) is 18.3 Å². The molecule has 14 nitrogen and oxygen atoms in total. The van der Waals surface area contributed by atoms with Gasteiger partial charge >= 0.3 is 8.69 Å². The van der Waals surface area contributed by atoms with Crippen molar-refractivity contribution in [2.45, 2.75) is 37.3 Å². The van der Waals surface area contributed by atoms with Gasteiger partial charge in [0.05, 0.1) is 29.6 Å². The maximum absolute atomic E-state index is 10.8. The zero-order valence-electron chi connectivity index (χ0n) is 11.2. The molecular formula is C6H8O14P4-6. The van der Waals surface area contributed by atoms with Crippen LogP contribution in [-0.2, 0) is 36.4 Å². The summed E-state index contributed by atoms with van der Waals surface area (Å²) in [5.41, 5.74) is 0. The zero-order chi connectivity index (χ0) is 18.8. The predicted molar refractivity (Wildman–Crippen MR) is 59.2 cm³/mol. The Hall–Kier alpha value is 0.390. The fourth-order valence-corrected chi connectivity index (χ4v) is 4.08. The normalized spacial score (nSPS) is 29.8. The molecule has 1 aliphatic rings. The molecule has 4 unspecified atom stereocenters. The van der Waals surface area contributed by atoms with Gasteiger partial charge in [-0.2, -0.15) is 0 Å². The number of phosphoric ester groups is 3. The van der Waals surface area contributed by atoms with E-state index in [1.807, 2.05) is 0 Å². The first-order valence-corrected chi connectivity index (χ1v) is 10.9. The Balaban J connectivity index is 3.20. The highest BCUT2D eigenvalue weighted by molar-refractivity contribution is 7.43. The first kappa shape index (κ1) is 22.4. The SMILES string of the molecule is O=POC1CCC(OP(=O)([O-])[O-])C(OP(=O)([O-])[O-])C1OP(=O)([O-])[O-]. The predicted octanol–water partition coefficient (Wildman–Crippen LogP) is -3.99. The van der Waals surface area contributed by atoms with E-state index < -0.39 is 63.0 Å². The molecular weight excluding hydrogens is 420 g/mol. The van der Waals surface area contributed by atoms with E-state index >= 15 is 0 Å². The van der Waals surface area contributed by atoms with Crippen LogP contribution >= 0.6 is 32.2 Å². The third-order valence-electron chi connectivity index (χ3n) is 2.74. The van der Waals surface area contributed by atoms with Crippen LogP contribution in [0.25, 0.3) is 0 Å². The molecule has 1 rings (SSSR count). The molecule has 142 valence electrons. The lowest BCUT2D eigenvalue weighted by Crippen LogP contribution is -2.54. The van der Waals surface area contributed by atoms with E-state index in [4.69, 9.17) is 0 Å². The molecule has 0 aromatic carbocycles. The van der Waals surface area contributed by atoms with E-state index in [1.54, 1.807) is 0 Å². The van der Waals surface area contributed by atoms with E-state index in [0.717, 1.165) is 0 Å². The Labute approximate surface area is 136 Å². The summed E-state index contributed by atoms with van der Waals surface area (Å²) in [7, 11) is -18.4. The van der Waals surface area contributed by atoms with Gasteiger partial charge < -0.3 is 56.6 Å². The van der Waals surface area contributed by atoms with Crippen LogP contribution in [0.4, 0.5) is 0 Å². The molecule has 0 spiro atoms. The smallest absolute Gasteiger partial charge is 0.327 e. The van der Waals surface area contributed by atoms with Crippen molar-refractivity contribution in [2.75, 3.05) is 0 Å². The van der Waals surface area contributed by atoms with Crippen LogP contribution < -0.4 is 29.4 Å². The van der Waals surface area contributed by atoms with Gasteiger partial charge in [0, 0.05) is 0 Å². The van der Waals surface area contributed by atoms with Gasteiger partial charge in [0.25, 0.3) is 0 Å². The summed E-state index contributed by atoms with van der Waals surface area (Å²) in [5, 5.41) is 0. The van der Waals surface area contributed by atoms with Crippen LogP contribution in [-0.4, -0.2) is 24.4 Å². The molecule has 0 amide bonds. The molecule has 0 bridgehead atoms. The molecule has 0 aliphatic heterocycles. The second-order valence-corrected chi connectivity index (χ2v) is 8.10.